The van der Waals surface area contributed by atoms with E-state index in [-0.39, 0.29) is 17.7 Å². The fraction of sp³-hybridized carbons (Fsp3) is 0.273. The number of hydrogen-bond acceptors (Lipinski definition) is 4. The zero-order valence-corrected chi connectivity index (χ0v) is 8.91. The first-order chi connectivity index (χ1) is 7.60. The highest BCUT2D eigenvalue weighted by Gasteiger charge is 2.14. The molecule has 4 nitrogen and oxygen atoms in total. The van der Waals surface area contributed by atoms with Crippen LogP contribution < -0.4 is 0 Å². The molecule has 0 amide bonds. The molecule has 84 valence electrons. The molecule has 5 heteroatoms. The van der Waals surface area contributed by atoms with Crippen LogP contribution in [0.15, 0.2) is 17.1 Å². The molecule has 0 N–H and O–H groups in total. The van der Waals surface area contributed by atoms with Crippen molar-refractivity contribution in [1.82, 2.24) is 0 Å². The van der Waals surface area contributed by atoms with Crippen molar-refractivity contribution in [2.45, 2.75) is 13.5 Å². The number of nitrogens with zero attached hydrogens (tertiary/aromatic N) is 1. The number of esters is 1. The highest BCUT2D eigenvalue weighted by atomic mass is 19.1. The lowest BCUT2D eigenvalue weighted by atomic mass is 10.0. The standard InChI is InChI=1S/C11H10FNO3/c1-7-9(11(15)16-2)3-8(4-10(7)12)5-13-6-14/h3-4H,5H2,1-2H3. The molecule has 1 aromatic rings. The van der Waals surface area contributed by atoms with Crippen LogP contribution in [0.25, 0.3) is 0 Å². The number of isocyanates is 1. The van der Waals surface area contributed by atoms with E-state index in [0.717, 1.165) is 0 Å². The Kier molecular flexibility index (Phi) is 3.91. The van der Waals surface area contributed by atoms with Gasteiger partial charge in [0.05, 0.1) is 19.2 Å². The van der Waals surface area contributed by atoms with Crippen LogP contribution in [0.1, 0.15) is 21.5 Å². The first kappa shape index (κ1) is 12.1. The van der Waals surface area contributed by atoms with Crippen LogP contribution in [-0.4, -0.2) is 19.2 Å². The molecule has 0 spiro atoms. The molecule has 0 saturated heterocycles. The van der Waals surface area contributed by atoms with Crippen LogP contribution in [0.4, 0.5) is 4.39 Å². The van der Waals surface area contributed by atoms with Gasteiger partial charge in [0.2, 0.25) is 6.08 Å². The second kappa shape index (κ2) is 5.19. The van der Waals surface area contributed by atoms with E-state index in [1.165, 1.54) is 32.2 Å². The molecular formula is C11H10FNO3. The van der Waals surface area contributed by atoms with Crippen LogP contribution in [0.2, 0.25) is 0 Å². The van der Waals surface area contributed by atoms with Gasteiger partial charge in [0, 0.05) is 0 Å². The van der Waals surface area contributed by atoms with Crippen LogP contribution in [0, 0.1) is 12.7 Å². The molecule has 0 atom stereocenters. The Morgan fingerprint density at radius 3 is 2.81 bits per heavy atom. The molecular weight excluding hydrogens is 213 g/mol. The molecule has 0 aliphatic carbocycles. The predicted octanol–water partition coefficient (Wildman–Crippen LogP) is 1.76. The Morgan fingerprint density at radius 2 is 2.25 bits per heavy atom. The maximum atomic E-state index is 13.4. The third kappa shape index (κ3) is 2.52. The van der Waals surface area contributed by atoms with Crippen molar-refractivity contribution in [3.63, 3.8) is 0 Å². The fourth-order valence-electron chi connectivity index (χ4n) is 1.27. The maximum Gasteiger partial charge on any atom is 0.338 e. The minimum absolute atomic E-state index is 0.00923. The number of benzene rings is 1. The Labute approximate surface area is 91.8 Å². The Bertz CT molecular complexity index is 465. The van der Waals surface area contributed by atoms with Crippen molar-refractivity contribution >= 4 is 12.0 Å². The van der Waals surface area contributed by atoms with Gasteiger partial charge < -0.3 is 4.74 Å². The average Bonchev–Trinajstić information content (AvgIpc) is 2.29. The van der Waals surface area contributed by atoms with E-state index in [4.69, 9.17) is 0 Å². The van der Waals surface area contributed by atoms with Gasteiger partial charge in [-0.15, -0.1) is 0 Å². The summed E-state index contributed by atoms with van der Waals surface area (Å²) < 4.78 is 17.9. The van der Waals surface area contributed by atoms with E-state index in [1.807, 2.05) is 0 Å². The topological polar surface area (TPSA) is 55.7 Å². The molecule has 16 heavy (non-hydrogen) atoms. The van der Waals surface area contributed by atoms with Crippen molar-refractivity contribution in [2.75, 3.05) is 7.11 Å². The number of rotatable bonds is 3. The highest BCUT2D eigenvalue weighted by Crippen LogP contribution is 2.17. The van der Waals surface area contributed by atoms with Crippen LogP contribution >= 0.6 is 0 Å². The lowest BCUT2D eigenvalue weighted by Gasteiger charge is -2.06. The molecule has 0 fully saturated rings. The molecule has 0 aliphatic heterocycles. The molecule has 0 saturated carbocycles. The number of carbonyl (C=O) groups excluding carboxylic acids is 2. The molecule has 0 heterocycles. The van der Waals surface area contributed by atoms with E-state index in [0.29, 0.717) is 5.56 Å². The van der Waals surface area contributed by atoms with Gasteiger partial charge in [0.25, 0.3) is 0 Å². The minimum Gasteiger partial charge on any atom is -0.465 e. The van der Waals surface area contributed by atoms with Crippen molar-refractivity contribution in [1.29, 1.82) is 0 Å². The second-order valence-electron chi connectivity index (χ2n) is 3.15. The maximum absolute atomic E-state index is 13.4. The monoisotopic (exact) mass is 223 g/mol. The first-order valence-electron chi connectivity index (χ1n) is 4.51. The fourth-order valence-corrected chi connectivity index (χ4v) is 1.27. The van der Waals surface area contributed by atoms with Crippen molar-refractivity contribution < 1.29 is 18.7 Å². The molecule has 0 aliphatic rings. The van der Waals surface area contributed by atoms with Gasteiger partial charge in [0.15, 0.2) is 0 Å². The van der Waals surface area contributed by atoms with Gasteiger partial charge in [-0.05, 0) is 30.2 Å². The van der Waals surface area contributed by atoms with E-state index >= 15 is 0 Å². The lowest BCUT2D eigenvalue weighted by Crippen LogP contribution is -2.06. The van der Waals surface area contributed by atoms with Crippen LogP contribution in [0.5, 0.6) is 0 Å². The van der Waals surface area contributed by atoms with E-state index < -0.39 is 11.8 Å². The SMILES string of the molecule is COC(=O)c1cc(CN=C=O)cc(F)c1C. The number of ether oxygens (including phenoxy) is 1. The van der Waals surface area contributed by atoms with Gasteiger partial charge in [0.1, 0.15) is 5.82 Å². The zero-order valence-electron chi connectivity index (χ0n) is 8.91. The van der Waals surface area contributed by atoms with Gasteiger partial charge in [-0.1, -0.05) is 0 Å². The first-order valence-corrected chi connectivity index (χ1v) is 4.51. The Balaban J connectivity index is 3.21. The van der Waals surface area contributed by atoms with Crippen LogP contribution in [0.3, 0.4) is 0 Å². The zero-order chi connectivity index (χ0) is 12.1. The third-order valence-corrected chi connectivity index (χ3v) is 2.14. The summed E-state index contributed by atoms with van der Waals surface area (Å²) in [4.78, 5) is 24.6. The molecule has 0 radical (unpaired) electrons. The van der Waals surface area contributed by atoms with Gasteiger partial charge >= 0.3 is 5.97 Å². The summed E-state index contributed by atoms with van der Waals surface area (Å²) in [6.45, 7) is 1.47. The normalized spacial score (nSPS) is 9.44. The highest BCUT2D eigenvalue weighted by molar-refractivity contribution is 5.91. The summed E-state index contributed by atoms with van der Waals surface area (Å²) in [5.41, 5.74) is 0.774. The molecule has 1 aromatic carbocycles. The van der Waals surface area contributed by atoms with E-state index in [9.17, 15) is 14.0 Å². The van der Waals surface area contributed by atoms with Crippen LogP contribution in [-0.2, 0) is 16.1 Å². The summed E-state index contributed by atoms with van der Waals surface area (Å²) >= 11 is 0. The summed E-state index contributed by atoms with van der Waals surface area (Å²) in [5, 5.41) is 0. The number of methoxy groups -OCH3 is 1. The summed E-state index contributed by atoms with van der Waals surface area (Å²) in [6, 6.07) is 2.67. The van der Waals surface area contributed by atoms with E-state index in [2.05, 4.69) is 9.73 Å². The predicted molar refractivity (Wildman–Crippen MR) is 54.3 cm³/mol. The quantitative estimate of drug-likeness (QED) is 0.445. The smallest absolute Gasteiger partial charge is 0.338 e. The number of hydrogen-bond donors (Lipinski definition) is 0. The molecule has 0 aromatic heterocycles. The number of halogens is 1. The van der Waals surface area contributed by atoms with Gasteiger partial charge in [-0.2, -0.15) is 0 Å². The summed E-state index contributed by atoms with van der Waals surface area (Å²) in [5.74, 6) is -1.15. The average molecular weight is 223 g/mol. The number of carbonyl (C=O) groups is 1. The second-order valence-corrected chi connectivity index (χ2v) is 3.15. The molecule has 0 bridgehead atoms. The van der Waals surface area contributed by atoms with Crippen molar-refractivity contribution in [2.24, 2.45) is 4.99 Å². The van der Waals surface area contributed by atoms with E-state index in [1.54, 1.807) is 0 Å². The van der Waals surface area contributed by atoms with Crippen molar-refractivity contribution in [3.05, 3.63) is 34.6 Å². The molecule has 0 unspecified atom stereocenters. The largest absolute Gasteiger partial charge is 0.465 e. The van der Waals surface area contributed by atoms with Gasteiger partial charge in [-0.25, -0.2) is 19.0 Å². The van der Waals surface area contributed by atoms with Gasteiger partial charge in [-0.3, -0.25) is 0 Å². The third-order valence-electron chi connectivity index (χ3n) is 2.14. The summed E-state index contributed by atoms with van der Waals surface area (Å²) in [6.07, 6.45) is 1.35. The molecule has 1 rings (SSSR count). The minimum atomic E-state index is -0.617. The lowest BCUT2D eigenvalue weighted by molar-refractivity contribution is 0.0599. The Hall–Kier alpha value is -2.00. The van der Waals surface area contributed by atoms with Crippen molar-refractivity contribution in [3.8, 4) is 0 Å². The Morgan fingerprint density at radius 1 is 1.56 bits per heavy atom. The number of aliphatic imine (C=N–C) groups is 1. The summed E-state index contributed by atoms with van der Waals surface area (Å²) in [7, 11) is 1.22.